The molecule has 34 heavy (non-hydrogen) atoms. The number of nitrogens with zero attached hydrogens (tertiary/aromatic N) is 3. The van der Waals surface area contributed by atoms with Crippen molar-refractivity contribution in [3.05, 3.63) is 89.1 Å². The van der Waals surface area contributed by atoms with Crippen molar-refractivity contribution in [2.75, 3.05) is 46.4 Å². The molecule has 2 saturated heterocycles. The van der Waals surface area contributed by atoms with Crippen LogP contribution in [0.15, 0.2) is 72.9 Å². The summed E-state index contributed by atoms with van der Waals surface area (Å²) >= 11 is 6.18. The Labute approximate surface area is 206 Å². The third kappa shape index (κ3) is 4.91. The van der Waals surface area contributed by atoms with Crippen LogP contribution in [0.5, 0.6) is 0 Å². The molecule has 0 aliphatic carbocycles. The van der Waals surface area contributed by atoms with Gasteiger partial charge in [0.25, 0.3) is 0 Å². The summed E-state index contributed by atoms with van der Waals surface area (Å²) in [5.41, 5.74) is 3.67. The quantitative estimate of drug-likeness (QED) is 0.689. The van der Waals surface area contributed by atoms with Crippen molar-refractivity contribution < 1.29 is 9.53 Å². The molecule has 3 aliphatic rings. The number of hydrogen-bond acceptors (Lipinski definition) is 5. The van der Waals surface area contributed by atoms with Crippen LogP contribution in [-0.2, 0) is 9.53 Å². The van der Waals surface area contributed by atoms with Crippen molar-refractivity contribution in [3.63, 3.8) is 0 Å². The average molecular weight is 479 g/mol. The highest BCUT2D eigenvalue weighted by Gasteiger charge is 2.41. The van der Waals surface area contributed by atoms with Crippen molar-refractivity contribution in [2.45, 2.75) is 18.2 Å². The zero-order valence-electron chi connectivity index (χ0n) is 19.4. The number of ether oxygens (including phenoxy) is 1. The molecule has 5 rings (SSSR count). The van der Waals surface area contributed by atoms with E-state index >= 15 is 0 Å². The summed E-state index contributed by atoms with van der Waals surface area (Å²) in [6.07, 6.45) is 6.91. The van der Waals surface area contributed by atoms with E-state index in [9.17, 15) is 4.79 Å². The fraction of sp³-hybridized carbons (Fsp3) is 0.370. The van der Waals surface area contributed by atoms with Gasteiger partial charge in [0.2, 0.25) is 5.91 Å². The van der Waals surface area contributed by atoms with Gasteiger partial charge in [-0.05, 0) is 34.9 Å². The first-order valence-corrected chi connectivity index (χ1v) is 12.2. The number of allylic oxidation sites excluding steroid dienone is 2. The second-order valence-corrected chi connectivity index (χ2v) is 9.52. The molecule has 1 N–H and O–H groups in total. The molecule has 0 spiro atoms. The van der Waals surface area contributed by atoms with Crippen LogP contribution in [0.25, 0.3) is 5.57 Å². The van der Waals surface area contributed by atoms with Gasteiger partial charge in [0.05, 0.1) is 18.2 Å². The second-order valence-electron chi connectivity index (χ2n) is 9.08. The van der Waals surface area contributed by atoms with Crippen LogP contribution in [0.2, 0.25) is 5.02 Å². The van der Waals surface area contributed by atoms with Gasteiger partial charge in [0.15, 0.2) is 0 Å². The topological polar surface area (TPSA) is 48.1 Å². The van der Waals surface area contributed by atoms with Crippen LogP contribution in [0.4, 0.5) is 0 Å². The molecular formula is C27H31ClN4O2. The van der Waals surface area contributed by atoms with Crippen LogP contribution in [0, 0.1) is 0 Å². The van der Waals surface area contributed by atoms with Crippen molar-refractivity contribution in [3.8, 4) is 0 Å². The normalized spacial score (nSPS) is 24.8. The molecular weight excluding hydrogens is 448 g/mol. The summed E-state index contributed by atoms with van der Waals surface area (Å²) in [4.78, 5) is 19.1. The molecule has 1 amide bonds. The number of piperazine rings is 1. The lowest BCUT2D eigenvalue weighted by molar-refractivity contribution is -0.136. The molecule has 2 aromatic rings. The van der Waals surface area contributed by atoms with E-state index in [1.807, 2.05) is 23.1 Å². The lowest BCUT2D eigenvalue weighted by Gasteiger charge is -2.39. The number of benzene rings is 2. The van der Waals surface area contributed by atoms with Gasteiger partial charge in [-0.3, -0.25) is 15.0 Å². The fourth-order valence-electron chi connectivity index (χ4n) is 5.14. The van der Waals surface area contributed by atoms with E-state index < -0.39 is 0 Å². The number of nitrogens with one attached hydrogen (secondary N) is 1. The van der Waals surface area contributed by atoms with Gasteiger partial charge in [-0.25, -0.2) is 0 Å². The number of methoxy groups -OCH3 is 1. The number of rotatable bonds is 6. The van der Waals surface area contributed by atoms with Crippen molar-refractivity contribution in [1.82, 2.24) is 20.0 Å². The zero-order chi connectivity index (χ0) is 23.5. The summed E-state index contributed by atoms with van der Waals surface area (Å²) < 4.78 is 5.03. The van der Waals surface area contributed by atoms with Crippen molar-refractivity contribution in [2.24, 2.45) is 0 Å². The van der Waals surface area contributed by atoms with Gasteiger partial charge in [-0.15, -0.1) is 0 Å². The Kier molecular flexibility index (Phi) is 7.02. The zero-order valence-corrected chi connectivity index (χ0v) is 20.2. The van der Waals surface area contributed by atoms with Gasteiger partial charge >= 0.3 is 0 Å². The third-order valence-corrected chi connectivity index (χ3v) is 7.21. The molecule has 0 radical (unpaired) electrons. The van der Waals surface area contributed by atoms with Gasteiger partial charge in [0, 0.05) is 51.1 Å². The van der Waals surface area contributed by atoms with E-state index in [0.717, 1.165) is 37.7 Å². The molecule has 3 unspecified atom stereocenters. The lowest BCUT2D eigenvalue weighted by Crippen LogP contribution is -2.53. The maximum absolute atomic E-state index is 12.2. The molecule has 178 valence electrons. The van der Waals surface area contributed by atoms with Crippen LogP contribution in [0.1, 0.15) is 17.2 Å². The fourth-order valence-corrected chi connectivity index (χ4v) is 5.26. The number of carbonyl (C=O) groups excluding carboxylic acids is 1. The first-order chi connectivity index (χ1) is 16.6. The highest BCUT2D eigenvalue weighted by atomic mass is 35.5. The minimum Gasteiger partial charge on any atom is -0.375 e. The highest BCUT2D eigenvalue weighted by molar-refractivity contribution is 6.30. The minimum absolute atomic E-state index is 0.0698. The summed E-state index contributed by atoms with van der Waals surface area (Å²) in [5, 5.41) is 4.58. The Morgan fingerprint density at radius 2 is 1.79 bits per heavy atom. The third-order valence-electron chi connectivity index (χ3n) is 6.96. The lowest BCUT2D eigenvalue weighted by atomic mass is 9.98. The molecule has 3 heterocycles. The standard InChI is InChI=1S/C27H31ClN4O2/c1-34-19-26(33)31-15-13-30(14-16-31)18-24-27(21-7-10-23(28)11-8-21)29-25-12-9-22(17-32(24)25)20-5-3-2-4-6-20/h2-12,17,24-25,27,29H,13-16,18-19H2,1H3. The van der Waals surface area contributed by atoms with Crippen LogP contribution >= 0.6 is 11.6 Å². The molecule has 0 bridgehead atoms. The van der Waals surface area contributed by atoms with Gasteiger partial charge in [-0.1, -0.05) is 60.1 Å². The first-order valence-electron chi connectivity index (χ1n) is 11.9. The number of halogens is 1. The number of fused-ring (bicyclic) bond motifs is 1. The molecule has 2 fully saturated rings. The monoisotopic (exact) mass is 478 g/mol. The van der Waals surface area contributed by atoms with E-state index in [1.165, 1.54) is 16.7 Å². The second kappa shape index (κ2) is 10.3. The van der Waals surface area contributed by atoms with E-state index in [-0.39, 0.29) is 30.8 Å². The smallest absolute Gasteiger partial charge is 0.248 e. The number of amides is 1. The average Bonchev–Trinajstić information content (AvgIpc) is 3.23. The van der Waals surface area contributed by atoms with Crippen molar-refractivity contribution >= 4 is 23.1 Å². The maximum atomic E-state index is 12.2. The SMILES string of the molecule is COCC(=O)N1CCN(CC2C(c3ccc(Cl)cc3)NC3C=CC(c4ccccc4)=CN32)CC1. The van der Waals surface area contributed by atoms with Crippen LogP contribution in [-0.4, -0.2) is 79.3 Å². The van der Waals surface area contributed by atoms with Crippen LogP contribution < -0.4 is 5.32 Å². The Morgan fingerprint density at radius 1 is 1.06 bits per heavy atom. The summed E-state index contributed by atoms with van der Waals surface area (Å²) in [5.74, 6) is 0.0698. The minimum atomic E-state index is 0.0698. The number of hydrogen-bond donors (Lipinski definition) is 1. The van der Waals surface area contributed by atoms with Gasteiger partial charge < -0.3 is 14.5 Å². The predicted octanol–water partition coefficient (Wildman–Crippen LogP) is 3.38. The van der Waals surface area contributed by atoms with Gasteiger partial charge in [0.1, 0.15) is 6.61 Å². The Bertz CT molecular complexity index is 1050. The number of carbonyl (C=O) groups is 1. The summed E-state index contributed by atoms with van der Waals surface area (Å²) in [6, 6.07) is 19.1. The predicted molar refractivity (Wildman–Crippen MR) is 135 cm³/mol. The van der Waals surface area contributed by atoms with Gasteiger partial charge in [-0.2, -0.15) is 0 Å². The summed E-state index contributed by atoms with van der Waals surface area (Å²) in [6.45, 7) is 4.27. The summed E-state index contributed by atoms with van der Waals surface area (Å²) in [7, 11) is 1.57. The Morgan fingerprint density at radius 3 is 2.50 bits per heavy atom. The molecule has 7 heteroatoms. The van der Waals surface area contributed by atoms with E-state index in [4.69, 9.17) is 16.3 Å². The molecule has 3 atom stereocenters. The first kappa shape index (κ1) is 23.1. The van der Waals surface area contributed by atoms with E-state index in [2.05, 4.69) is 69.9 Å². The molecule has 2 aromatic carbocycles. The maximum Gasteiger partial charge on any atom is 0.248 e. The van der Waals surface area contributed by atoms with Crippen LogP contribution in [0.3, 0.4) is 0 Å². The highest BCUT2D eigenvalue weighted by Crippen LogP contribution is 2.35. The van der Waals surface area contributed by atoms with E-state index in [0.29, 0.717) is 0 Å². The van der Waals surface area contributed by atoms with E-state index in [1.54, 1.807) is 7.11 Å². The Hall–Kier alpha value is -2.64. The molecule has 6 nitrogen and oxygen atoms in total. The largest absolute Gasteiger partial charge is 0.375 e. The van der Waals surface area contributed by atoms with Crippen molar-refractivity contribution in [1.29, 1.82) is 0 Å². The molecule has 3 aliphatic heterocycles. The molecule has 0 aromatic heterocycles. The Balaban J connectivity index is 1.37. The molecule has 0 saturated carbocycles.